The van der Waals surface area contributed by atoms with E-state index < -0.39 is 0 Å². The Morgan fingerprint density at radius 3 is 2.80 bits per heavy atom. The predicted octanol–water partition coefficient (Wildman–Crippen LogP) is 0.111. The van der Waals surface area contributed by atoms with Gasteiger partial charge in [0.1, 0.15) is 0 Å². The quantitative estimate of drug-likeness (QED) is 0.621. The van der Waals surface area contributed by atoms with Crippen LogP contribution in [-0.4, -0.2) is 43.2 Å². The smallest absolute Gasteiger partial charge is 0.333 e. The van der Waals surface area contributed by atoms with Crippen molar-refractivity contribution in [2.45, 2.75) is 18.4 Å². The van der Waals surface area contributed by atoms with E-state index >= 15 is 0 Å². The zero-order valence-corrected chi connectivity index (χ0v) is 8.95. The third-order valence-corrected chi connectivity index (χ3v) is 3.98. The number of esters is 1. The minimum atomic E-state index is -0.345. The Hall–Kier alpha value is -1.03. The summed E-state index contributed by atoms with van der Waals surface area (Å²) in [6.45, 7) is 3.18. The first-order valence-corrected chi connectivity index (χ1v) is 5.60. The van der Waals surface area contributed by atoms with E-state index in [0.29, 0.717) is 5.92 Å². The highest BCUT2D eigenvalue weighted by Gasteiger charge is 2.54. The molecule has 4 rings (SSSR count). The number of ether oxygens (including phenoxy) is 1. The molecule has 4 nitrogen and oxygen atoms in total. The summed E-state index contributed by atoms with van der Waals surface area (Å²) in [5, 5.41) is 3.13. The molecule has 0 aromatic heterocycles. The molecule has 4 heteroatoms. The van der Waals surface area contributed by atoms with Gasteiger partial charge in [0, 0.05) is 25.6 Å². The molecule has 4 aliphatic rings. The van der Waals surface area contributed by atoms with Crippen molar-refractivity contribution in [2.75, 3.05) is 26.7 Å². The highest BCUT2D eigenvalue weighted by atomic mass is 16.6. The fourth-order valence-electron chi connectivity index (χ4n) is 3.23. The summed E-state index contributed by atoms with van der Waals surface area (Å²) in [5.41, 5.74) is 0.629. The topological polar surface area (TPSA) is 41.6 Å². The largest absolute Gasteiger partial charge is 0.448 e. The van der Waals surface area contributed by atoms with E-state index in [0.717, 1.165) is 38.2 Å². The molecule has 3 saturated heterocycles. The number of fused-ring (bicyclic) bond motifs is 2. The second kappa shape index (κ2) is 2.98. The molecule has 4 aliphatic heterocycles. The predicted molar refractivity (Wildman–Crippen MR) is 55.1 cm³/mol. The summed E-state index contributed by atoms with van der Waals surface area (Å²) >= 11 is 0. The van der Waals surface area contributed by atoms with E-state index in [1.54, 1.807) is 6.08 Å². The maximum absolute atomic E-state index is 11.4. The molecule has 3 fully saturated rings. The molecule has 1 atom stereocenters. The Labute approximate surface area is 89.3 Å². The molecule has 0 aromatic rings. The van der Waals surface area contributed by atoms with Gasteiger partial charge in [0.05, 0.1) is 5.70 Å². The molecule has 0 saturated carbocycles. The van der Waals surface area contributed by atoms with Gasteiger partial charge in [-0.1, -0.05) is 0 Å². The van der Waals surface area contributed by atoms with E-state index in [1.807, 2.05) is 7.05 Å². The van der Waals surface area contributed by atoms with Gasteiger partial charge in [0.2, 0.25) is 0 Å². The van der Waals surface area contributed by atoms with Crippen LogP contribution in [0.5, 0.6) is 0 Å². The molecular weight excluding hydrogens is 192 g/mol. The first-order valence-electron chi connectivity index (χ1n) is 5.60. The minimum absolute atomic E-state index is 0.187. The molecule has 0 aliphatic carbocycles. The zero-order chi connectivity index (χ0) is 10.5. The highest BCUT2D eigenvalue weighted by molar-refractivity contribution is 5.86. The van der Waals surface area contributed by atoms with E-state index in [4.69, 9.17) is 4.74 Å². The summed E-state index contributed by atoms with van der Waals surface area (Å²) < 4.78 is 5.59. The number of carbonyl (C=O) groups is 1. The van der Waals surface area contributed by atoms with Gasteiger partial charge in [-0.2, -0.15) is 0 Å². The van der Waals surface area contributed by atoms with Gasteiger partial charge in [-0.3, -0.25) is 4.90 Å². The van der Waals surface area contributed by atoms with Gasteiger partial charge >= 0.3 is 5.97 Å². The number of nitrogens with zero attached hydrogens (tertiary/aromatic N) is 1. The zero-order valence-electron chi connectivity index (χ0n) is 8.95. The van der Waals surface area contributed by atoms with Gasteiger partial charge < -0.3 is 10.1 Å². The van der Waals surface area contributed by atoms with Gasteiger partial charge in [-0.25, -0.2) is 4.79 Å². The molecule has 0 amide bonds. The van der Waals surface area contributed by atoms with Gasteiger partial charge in [0.25, 0.3) is 0 Å². The Bertz CT molecular complexity index is 331. The molecule has 15 heavy (non-hydrogen) atoms. The molecular formula is C11H16N2O2. The Balaban J connectivity index is 1.97. The summed E-state index contributed by atoms with van der Waals surface area (Å²) in [7, 11) is 1.87. The van der Waals surface area contributed by atoms with Gasteiger partial charge in [0.15, 0.2) is 5.60 Å². The maximum Gasteiger partial charge on any atom is 0.333 e. The Morgan fingerprint density at radius 1 is 1.53 bits per heavy atom. The van der Waals surface area contributed by atoms with Crippen molar-refractivity contribution < 1.29 is 9.53 Å². The van der Waals surface area contributed by atoms with Crippen LogP contribution in [0.3, 0.4) is 0 Å². The summed E-state index contributed by atoms with van der Waals surface area (Å²) in [5.74, 6) is 0.320. The monoisotopic (exact) mass is 208 g/mol. The Kier molecular flexibility index (Phi) is 1.83. The molecule has 0 radical (unpaired) electrons. The second-order valence-corrected chi connectivity index (χ2v) is 4.67. The maximum atomic E-state index is 11.4. The number of hydrogen-bond donors (Lipinski definition) is 1. The van der Waals surface area contributed by atoms with Crippen LogP contribution in [0.15, 0.2) is 11.8 Å². The van der Waals surface area contributed by atoms with E-state index in [1.165, 1.54) is 0 Å². The number of piperidine rings is 3. The third-order valence-electron chi connectivity index (χ3n) is 3.98. The van der Waals surface area contributed by atoms with Crippen molar-refractivity contribution in [1.29, 1.82) is 0 Å². The number of rotatable bonds is 1. The van der Waals surface area contributed by atoms with Crippen LogP contribution in [0.25, 0.3) is 0 Å². The average molecular weight is 208 g/mol. The van der Waals surface area contributed by atoms with Crippen molar-refractivity contribution in [3.05, 3.63) is 11.8 Å². The van der Waals surface area contributed by atoms with Crippen molar-refractivity contribution in [3.8, 4) is 0 Å². The molecule has 1 N–H and O–H groups in total. The number of nitrogens with one attached hydrogen (secondary N) is 1. The molecule has 4 heterocycles. The lowest BCUT2D eigenvalue weighted by atomic mass is 9.74. The molecule has 1 spiro atoms. The van der Waals surface area contributed by atoms with Crippen LogP contribution in [0.4, 0.5) is 0 Å². The van der Waals surface area contributed by atoms with Crippen molar-refractivity contribution in [3.63, 3.8) is 0 Å². The minimum Gasteiger partial charge on any atom is -0.448 e. The van der Waals surface area contributed by atoms with Crippen molar-refractivity contribution in [1.82, 2.24) is 10.2 Å². The lowest BCUT2D eigenvalue weighted by Crippen LogP contribution is -2.61. The van der Waals surface area contributed by atoms with Crippen LogP contribution < -0.4 is 5.32 Å². The van der Waals surface area contributed by atoms with Crippen molar-refractivity contribution >= 4 is 5.97 Å². The third kappa shape index (κ3) is 1.14. The highest BCUT2D eigenvalue weighted by Crippen LogP contribution is 2.44. The molecule has 82 valence electrons. The van der Waals surface area contributed by atoms with Crippen molar-refractivity contribution in [2.24, 2.45) is 5.92 Å². The summed E-state index contributed by atoms with van der Waals surface area (Å²) in [6, 6.07) is 0. The van der Waals surface area contributed by atoms with E-state index in [-0.39, 0.29) is 11.6 Å². The Morgan fingerprint density at radius 2 is 2.27 bits per heavy atom. The fourth-order valence-corrected chi connectivity index (χ4v) is 3.23. The first-order chi connectivity index (χ1) is 7.24. The second-order valence-electron chi connectivity index (χ2n) is 4.67. The van der Waals surface area contributed by atoms with Crippen LogP contribution in [0.2, 0.25) is 0 Å². The lowest BCUT2D eigenvalue weighted by molar-refractivity contribution is -0.163. The normalized spacial score (nSPS) is 43.0. The number of hydrogen-bond acceptors (Lipinski definition) is 4. The van der Waals surface area contributed by atoms with Crippen LogP contribution >= 0.6 is 0 Å². The SMILES string of the molecule is CNC1=CC(=O)OC12CN1CCC2CC1. The van der Waals surface area contributed by atoms with E-state index in [2.05, 4.69) is 10.2 Å². The van der Waals surface area contributed by atoms with E-state index in [9.17, 15) is 4.79 Å². The fraction of sp³-hybridized carbons (Fsp3) is 0.727. The first kappa shape index (κ1) is 9.21. The summed E-state index contributed by atoms with van der Waals surface area (Å²) in [6.07, 6.45) is 3.90. The van der Waals surface area contributed by atoms with Crippen LogP contribution in [-0.2, 0) is 9.53 Å². The van der Waals surface area contributed by atoms with Gasteiger partial charge in [-0.15, -0.1) is 0 Å². The molecule has 0 aromatic carbocycles. The molecule has 2 bridgehead atoms. The van der Waals surface area contributed by atoms with Crippen LogP contribution in [0.1, 0.15) is 12.8 Å². The standard InChI is InChI=1S/C11H16N2O2/c1-12-9-6-10(14)15-11(9)7-13-4-2-8(11)3-5-13/h6,8,12H,2-5,7H2,1H3. The molecule has 1 unspecified atom stereocenters. The number of likely N-dealkylation sites (N-methyl/N-ethyl adjacent to an activating group) is 1. The van der Waals surface area contributed by atoms with Crippen LogP contribution in [0, 0.1) is 5.92 Å². The average Bonchev–Trinajstić information content (AvgIpc) is 2.56. The number of carbonyl (C=O) groups excluding carboxylic acids is 1. The van der Waals surface area contributed by atoms with Gasteiger partial charge in [-0.05, 0) is 25.9 Å². The summed E-state index contributed by atoms with van der Waals surface area (Å²) in [4.78, 5) is 13.8. The lowest BCUT2D eigenvalue weighted by Gasteiger charge is -2.51.